The van der Waals surface area contributed by atoms with Gasteiger partial charge in [0.2, 0.25) is 5.91 Å². The van der Waals surface area contributed by atoms with E-state index in [4.69, 9.17) is 5.73 Å². The molecular formula is C9H17Cl2N3OS. The van der Waals surface area contributed by atoms with Crippen LogP contribution in [0.5, 0.6) is 0 Å². The summed E-state index contributed by atoms with van der Waals surface area (Å²) in [5.74, 6) is 0.0379. The van der Waals surface area contributed by atoms with Crippen LogP contribution in [0.2, 0.25) is 0 Å². The van der Waals surface area contributed by atoms with E-state index in [2.05, 4.69) is 10.3 Å². The Labute approximate surface area is 112 Å². The van der Waals surface area contributed by atoms with Crippen LogP contribution in [-0.4, -0.2) is 23.5 Å². The van der Waals surface area contributed by atoms with Crippen molar-refractivity contribution in [3.8, 4) is 0 Å². The maximum Gasteiger partial charge on any atom is 0.220 e. The molecule has 1 amide bonds. The fourth-order valence-corrected chi connectivity index (χ4v) is 1.60. The van der Waals surface area contributed by atoms with Crippen molar-refractivity contribution < 1.29 is 4.79 Å². The first-order chi connectivity index (χ1) is 6.72. The second-order valence-electron chi connectivity index (χ2n) is 3.18. The average Bonchev–Trinajstić information content (AvgIpc) is 2.67. The topological polar surface area (TPSA) is 68.0 Å². The Morgan fingerprint density at radius 3 is 2.81 bits per heavy atom. The van der Waals surface area contributed by atoms with Gasteiger partial charge in [-0.2, -0.15) is 0 Å². The minimum absolute atomic E-state index is 0. The number of nitrogens with one attached hydrogen (secondary N) is 1. The first kappa shape index (κ1) is 18.0. The van der Waals surface area contributed by atoms with Crippen LogP contribution >= 0.6 is 36.2 Å². The fourth-order valence-electron chi connectivity index (χ4n) is 1.01. The van der Waals surface area contributed by atoms with E-state index >= 15 is 0 Å². The van der Waals surface area contributed by atoms with Crippen LogP contribution in [0.4, 0.5) is 0 Å². The Bertz CT molecular complexity index is 282. The molecule has 1 heterocycles. The molecule has 0 aliphatic carbocycles. The van der Waals surface area contributed by atoms with E-state index < -0.39 is 0 Å². The fraction of sp³-hybridized carbons (Fsp3) is 0.556. The zero-order valence-electron chi connectivity index (χ0n) is 9.01. The molecule has 0 saturated carbocycles. The molecule has 4 nitrogen and oxygen atoms in total. The molecule has 94 valence electrons. The highest BCUT2D eigenvalue weighted by Crippen LogP contribution is 2.03. The summed E-state index contributed by atoms with van der Waals surface area (Å²) in [4.78, 5) is 15.4. The molecule has 3 N–H and O–H groups in total. The number of nitrogens with zero attached hydrogens (tertiary/aromatic N) is 1. The number of thiazole rings is 1. The Morgan fingerprint density at radius 1 is 1.62 bits per heavy atom. The van der Waals surface area contributed by atoms with Gasteiger partial charge in [-0.25, -0.2) is 4.98 Å². The molecule has 16 heavy (non-hydrogen) atoms. The minimum Gasteiger partial charge on any atom is -0.352 e. The Morgan fingerprint density at radius 2 is 2.31 bits per heavy atom. The van der Waals surface area contributed by atoms with Crippen molar-refractivity contribution in [2.45, 2.75) is 25.8 Å². The highest BCUT2D eigenvalue weighted by Gasteiger charge is 2.06. The van der Waals surface area contributed by atoms with Crippen molar-refractivity contribution in [1.82, 2.24) is 10.3 Å². The lowest BCUT2D eigenvalue weighted by Gasteiger charge is -2.10. The van der Waals surface area contributed by atoms with Crippen LogP contribution in [0.25, 0.3) is 0 Å². The van der Waals surface area contributed by atoms with Gasteiger partial charge in [0.15, 0.2) is 0 Å². The second-order valence-corrected chi connectivity index (χ2v) is 3.90. The number of carbonyl (C=O) groups excluding carboxylic acids is 1. The third kappa shape index (κ3) is 7.00. The molecule has 7 heteroatoms. The molecule has 0 fully saturated rings. The van der Waals surface area contributed by atoms with Crippen LogP contribution < -0.4 is 11.1 Å². The second kappa shape index (κ2) is 9.84. The summed E-state index contributed by atoms with van der Waals surface area (Å²) in [6.07, 6.45) is 1.18. The number of hydrogen-bond donors (Lipinski definition) is 2. The minimum atomic E-state index is 0. The lowest BCUT2D eigenvalue weighted by Crippen LogP contribution is -2.37. The highest BCUT2D eigenvalue weighted by molar-refractivity contribution is 7.07. The molecule has 0 aromatic carbocycles. The third-order valence-corrected chi connectivity index (χ3v) is 2.49. The number of amides is 1. The Hall–Kier alpha value is -0.360. The number of halogens is 2. The summed E-state index contributed by atoms with van der Waals surface area (Å²) in [5, 5.41) is 4.76. The number of aromatic nitrogens is 1. The van der Waals surface area contributed by atoms with Gasteiger partial charge in [0.1, 0.15) is 0 Å². The predicted molar refractivity (Wildman–Crippen MR) is 71.6 cm³/mol. The van der Waals surface area contributed by atoms with Crippen molar-refractivity contribution in [1.29, 1.82) is 0 Å². The normalized spacial score (nSPS) is 10.9. The number of rotatable bonds is 5. The summed E-state index contributed by atoms with van der Waals surface area (Å²) >= 11 is 1.55. The molecule has 0 unspecified atom stereocenters. The van der Waals surface area contributed by atoms with Gasteiger partial charge in [0.05, 0.1) is 11.2 Å². The standard InChI is InChI=1S/C9H15N3OS.2ClH/c1-7(4-10)12-9(13)3-2-8-5-14-6-11-8;;/h5-7H,2-4,10H2,1H3,(H,12,13);2*1H/t7-;;/m0../s1. The molecule has 1 atom stereocenters. The first-order valence-electron chi connectivity index (χ1n) is 4.59. The smallest absolute Gasteiger partial charge is 0.220 e. The molecule has 0 bridgehead atoms. The summed E-state index contributed by atoms with van der Waals surface area (Å²) in [6, 6.07) is 0.0536. The van der Waals surface area contributed by atoms with Gasteiger partial charge in [0, 0.05) is 24.4 Å². The van der Waals surface area contributed by atoms with Crippen molar-refractivity contribution in [3.63, 3.8) is 0 Å². The lowest BCUT2D eigenvalue weighted by atomic mass is 10.2. The zero-order chi connectivity index (χ0) is 10.4. The average molecular weight is 286 g/mol. The van der Waals surface area contributed by atoms with Gasteiger partial charge < -0.3 is 11.1 Å². The van der Waals surface area contributed by atoms with Crippen molar-refractivity contribution >= 4 is 42.1 Å². The van der Waals surface area contributed by atoms with Gasteiger partial charge in [0.25, 0.3) is 0 Å². The number of carbonyl (C=O) groups is 1. The molecule has 0 saturated heterocycles. The van der Waals surface area contributed by atoms with E-state index in [1.807, 2.05) is 12.3 Å². The molecule has 0 aliphatic rings. The molecular weight excluding hydrogens is 269 g/mol. The Kier molecular flexibility index (Phi) is 11.1. The van der Waals surface area contributed by atoms with E-state index in [9.17, 15) is 4.79 Å². The monoisotopic (exact) mass is 285 g/mol. The van der Waals surface area contributed by atoms with Crippen LogP contribution in [0, 0.1) is 0 Å². The molecule has 0 radical (unpaired) electrons. The lowest BCUT2D eigenvalue weighted by molar-refractivity contribution is -0.121. The number of aryl methyl sites for hydroxylation is 1. The third-order valence-electron chi connectivity index (χ3n) is 1.85. The van der Waals surface area contributed by atoms with Crippen molar-refractivity contribution in [2.24, 2.45) is 5.73 Å². The summed E-state index contributed by atoms with van der Waals surface area (Å²) in [6.45, 7) is 2.36. The van der Waals surface area contributed by atoms with E-state index in [0.29, 0.717) is 19.4 Å². The maximum absolute atomic E-state index is 11.3. The molecule has 0 spiro atoms. The zero-order valence-corrected chi connectivity index (χ0v) is 11.5. The number of nitrogens with two attached hydrogens (primary N) is 1. The van der Waals surface area contributed by atoms with E-state index in [1.54, 1.807) is 16.8 Å². The van der Waals surface area contributed by atoms with Gasteiger partial charge in [-0.05, 0) is 13.3 Å². The van der Waals surface area contributed by atoms with Gasteiger partial charge in [-0.1, -0.05) is 0 Å². The highest BCUT2D eigenvalue weighted by atomic mass is 35.5. The van der Waals surface area contributed by atoms with Crippen molar-refractivity contribution in [2.75, 3.05) is 6.54 Å². The molecule has 1 rings (SSSR count). The van der Waals surface area contributed by atoms with E-state index in [1.165, 1.54) is 0 Å². The SMILES string of the molecule is C[C@@H](CN)NC(=O)CCc1cscn1.Cl.Cl. The summed E-state index contributed by atoms with van der Waals surface area (Å²) in [7, 11) is 0. The van der Waals surface area contributed by atoms with Crippen LogP contribution in [0.3, 0.4) is 0 Å². The van der Waals surface area contributed by atoms with Crippen LogP contribution in [-0.2, 0) is 11.2 Å². The summed E-state index contributed by atoms with van der Waals surface area (Å²) in [5.41, 5.74) is 8.14. The predicted octanol–water partition coefficient (Wildman–Crippen LogP) is 1.38. The maximum atomic E-state index is 11.3. The largest absolute Gasteiger partial charge is 0.352 e. The van der Waals surface area contributed by atoms with Crippen molar-refractivity contribution in [3.05, 3.63) is 16.6 Å². The van der Waals surface area contributed by atoms with Gasteiger partial charge in [-0.3, -0.25) is 4.79 Å². The van der Waals surface area contributed by atoms with E-state index in [-0.39, 0.29) is 36.8 Å². The molecule has 0 aliphatic heterocycles. The quantitative estimate of drug-likeness (QED) is 0.859. The molecule has 1 aromatic heterocycles. The number of hydrogen-bond acceptors (Lipinski definition) is 4. The van der Waals surface area contributed by atoms with Crippen LogP contribution in [0.15, 0.2) is 10.9 Å². The summed E-state index contributed by atoms with van der Waals surface area (Å²) < 4.78 is 0. The Balaban J connectivity index is 0. The van der Waals surface area contributed by atoms with E-state index in [0.717, 1.165) is 5.69 Å². The van der Waals surface area contributed by atoms with Gasteiger partial charge >= 0.3 is 0 Å². The van der Waals surface area contributed by atoms with Crippen LogP contribution in [0.1, 0.15) is 19.0 Å². The first-order valence-corrected chi connectivity index (χ1v) is 5.53. The van der Waals surface area contributed by atoms with Gasteiger partial charge in [-0.15, -0.1) is 36.2 Å². The molecule has 1 aromatic rings.